The molecule has 0 saturated heterocycles. The van der Waals surface area contributed by atoms with Gasteiger partial charge in [0.15, 0.2) is 0 Å². The van der Waals surface area contributed by atoms with E-state index >= 15 is 0 Å². The largest absolute Gasteiger partial charge is 0.388 e. The number of benzene rings is 1. The highest BCUT2D eigenvalue weighted by Crippen LogP contribution is 2.27. The van der Waals surface area contributed by atoms with Crippen LogP contribution in [0, 0.1) is 0 Å². The number of hydrogen-bond acceptors (Lipinski definition) is 2. The van der Waals surface area contributed by atoms with Crippen molar-refractivity contribution in [3.8, 4) is 0 Å². The van der Waals surface area contributed by atoms with Crippen molar-refractivity contribution in [2.45, 2.75) is 37.7 Å². The lowest BCUT2D eigenvalue weighted by Gasteiger charge is -2.32. The summed E-state index contributed by atoms with van der Waals surface area (Å²) >= 11 is 0. The van der Waals surface area contributed by atoms with Crippen LogP contribution in [-0.4, -0.2) is 28.3 Å². The van der Waals surface area contributed by atoms with E-state index in [1.807, 2.05) is 30.5 Å². The Morgan fingerprint density at radius 1 is 1.24 bits per heavy atom. The molecule has 1 fully saturated rings. The van der Waals surface area contributed by atoms with Gasteiger partial charge in [-0.15, -0.1) is 0 Å². The van der Waals surface area contributed by atoms with Crippen molar-refractivity contribution in [2.75, 3.05) is 11.9 Å². The molecule has 1 aromatic carbocycles. The number of aliphatic hydroxyl groups is 1. The van der Waals surface area contributed by atoms with Gasteiger partial charge in [-0.2, -0.15) is 0 Å². The third kappa shape index (κ3) is 3.36. The second-order valence-corrected chi connectivity index (χ2v) is 5.87. The third-order valence-electron chi connectivity index (χ3n) is 4.17. The van der Waals surface area contributed by atoms with Crippen LogP contribution in [0.2, 0.25) is 0 Å². The Labute approximate surface area is 123 Å². The van der Waals surface area contributed by atoms with E-state index in [2.05, 4.69) is 15.6 Å². The number of amides is 2. The molecule has 1 heterocycles. The zero-order valence-electron chi connectivity index (χ0n) is 12.0. The topological polar surface area (TPSA) is 77.2 Å². The Morgan fingerprint density at radius 3 is 2.86 bits per heavy atom. The minimum Gasteiger partial charge on any atom is -0.388 e. The van der Waals surface area contributed by atoms with Gasteiger partial charge >= 0.3 is 6.03 Å². The molecule has 0 unspecified atom stereocenters. The van der Waals surface area contributed by atoms with E-state index in [-0.39, 0.29) is 6.03 Å². The number of aromatic amines is 1. The van der Waals surface area contributed by atoms with Crippen molar-refractivity contribution in [2.24, 2.45) is 0 Å². The Kier molecular flexibility index (Phi) is 3.84. The highest BCUT2D eigenvalue weighted by Gasteiger charge is 2.29. The predicted molar refractivity (Wildman–Crippen MR) is 83.4 cm³/mol. The van der Waals surface area contributed by atoms with Gasteiger partial charge in [-0.25, -0.2) is 4.79 Å². The summed E-state index contributed by atoms with van der Waals surface area (Å²) in [7, 11) is 0. The number of fused-ring (bicyclic) bond motifs is 1. The Morgan fingerprint density at radius 2 is 2.05 bits per heavy atom. The number of rotatable bonds is 3. The van der Waals surface area contributed by atoms with Crippen LogP contribution in [0.4, 0.5) is 10.5 Å². The second kappa shape index (κ2) is 5.77. The number of carbonyl (C=O) groups is 1. The van der Waals surface area contributed by atoms with Crippen molar-refractivity contribution in [1.82, 2.24) is 10.3 Å². The van der Waals surface area contributed by atoms with Crippen LogP contribution < -0.4 is 10.6 Å². The van der Waals surface area contributed by atoms with Gasteiger partial charge in [0, 0.05) is 29.3 Å². The molecule has 0 bridgehead atoms. The van der Waals surface area contributed by atoms with Gasteiger partial charge in [0.05, 0.1) is 5.60 Å². The Balaban J connectivity index is 1.55. The van der Waals surface area contributed by atoms with E-state index in [1.54, 1.807) is 0 Å². The average Bonchev–Trinajstić information content (AvgIpc) is 2.94. The van der Waals surface area contributed by atoms with E-state index in [9.17, 15) is 9.90 Å². The second-order valence-electron chi connectivity index (χ2n) is 5.87. The van der Waals surface area contributed by atoms with E-state index in [4.69, 9.17) is 0 Å². The lowest BCUT2D eigenvalue weighted by atomic mass is 9.85. The summed E-state index contributed by atoms with van der Waals surface area (Å²) in [6.45, 7) is 0.311. The molecule has 1 aliphatic rings. The van der Waals surface area contributed by atoms with E-state index in [0.717, 1.165) is 42.3 Å². The molecule has 4 N–H and O–H groups in total. The first-order valence-electron chi connectivity index (χ1n) is 7.49. The molecule has 5 nitrogen and oxygen atoms in total. The maximum absolute atomic E-state index is 11.9. The molecule has 21 heavy (non-hydrogen) atoms. The lowest BCUT2D eigenvalue weighted by molar-refractivity contribution is 0.00755. The van der Waals surface area contributed by atoms with Crippen molar-refractivity contribution in [3.63, 3.8) is 0 Å². The van der Waals surface area contributed by atoms with E-state index in [0.29, 0.717) is 6.54 Å². The Hall–Kier alpha value is -2.01. The smallest absolute Gasteiger partial charge is 0.319 e. The summed E-state index contributed by atoms with van der Waals surface area (Å²) in [6, 6.07) is 7.39. The van der Waals surface area contributed by atoms with Crippen LogP contribution >= 0.6 is 0 Å². The SMILES string of the molecule is O=C(NCC1(O)CCCCC1)Nc1ccc2[nH]ccc2c1. The molecule has 112 valence electrons. The van der Waals surface area contributed by atoms with Gasteiger partial charge in [0.1, 0.15) is 0 Å². The van der Waals surface area contributed by atoms with Crippen molar-refractivity contribution in [3.05, 3.63) is 30.5 Å². The van der Waals surface area contributed by atoms with Crippen molar-refractivity contribution < 1.29 is 9.90 Å². The van der Waals surface area contributed by atoms with Crippen LogP contribution in [0.25, 0.3) is 10.9 Å². The predicted octanol–water partition coefficient (Wildman–Crippen LogP) is 2.98. The first-order valence-corrected chi connectivity index (χ1v) is 7.49. The number of urea groups is 1. The molecule has 1 aromatic heterocycles. The molecule has 2 amide bonds. The van der Waals surface area contributed by atoms with Gasteiger partial charge in [-0.1, -0.05) is 19.3 Å². The van der Waals surface area contributed by atoms with Gasteiger partial charge in [-0.3, -0.25) is 0 Å². The monoisotopic (exact) mass is 287 g/mol. The summed E-state index contributed by atoms with van der Waals surface area (Å²) < 4.78 is 0. The summed E-state index contributed by atoms with van der Waals surface area (Å²) in [5.74, 6) is 0. The minimum absolute atomic E-state index is 0.274. The number of carbonyl (C=O) groups excluding carboxylic acids is 1. The highest BCUT2D eigenvalue weighted by atomic mass is 16.3. The highest BCUT2D eigenvalue weighted by molar-refractivity contribution is 5.92. The molecule has 1 saturated carbocycles. The van der Waals surface area contributed by atoms with Crippen LogP contribution in [0.3, 0.4) is 0 Å². The normalized spacial score (nSPS) is 17.6. The molecule has 0 aliphatic heterocycles. The third-order valence-corrected chi connectivity index (χ3v) is 4.17. The zero-order valence-corrected chi connectivity index (χ0v) is 12.0. The molecule has 0 spiro atoms. The Bertz CT molecular complexity index is 629. The van der Waals surface area contributed by atoms with Crippen molar-refractivity contribution >= 4 is 22.6 Å². The van der Waals surface area contributed by atoms with Gasteiger partial charge in [0.2, 0.25) is 0 Å². The molecule has 0 radical (unpaired) electrons. The molecule has 1 aliphatic carbocycles. The standard InChI is InChI=1S/C16H21N3O2/c20-15(18-11-16(21)7-2-1-3-8-16)19-13-4-5-14-12(10-13)6-9-17-14/h4-6,9-10,17,21H,1-3,7-8,11H2,(H2,18,19,20). The fraction of sp³-hybridized carbons (Fsp3) is 0.438. The number of hydrogen-bond donors (Lipinski definition) is 4. The summed E-state index contributed by atoms with van der Waals surface area (Å²) in [5.41, 5.74) is 1.05. The number of aromatic nitrogens is 1. The fourth-order valence-electron chi connectivity index (χ4n) is 2.94. The number of H-pyrrole nitrogens is 1. The quantitative estimate of drug-likeness (QED) is 0.700. The maximum atomic E-state index is 11.9. The zero-order chi connectivity index (χ0) is 14.7. The summed E-state index contributed by atoms with van der Waals surface area (Å²) in [5, 5.41) is 17.0. The van der Waals surface area contributed by atoms with Gasteiger partial charge < -0.3 is 20.7 Å². The number of anilines is 1. The van der Waals surface area contributed by atoms with Crippen LogP contribution in [0.15, 0.2) is 30.5 Å². The maximum Gasteiger partial charge on any atom is 0.319 e. The van der Waals surface area contributed by atoms with E-state index in [1.165, 1.54) is 6.42 Å². The molecular formula is C16H21N3O2. The first-order chi connectivity index (χ1) is 10.1. The average molecular weight is 287 g/mol. The molecule has 2 aromatic rings. The van der Waals surface area contributed by atoms with E-state index < -0.39 is 5.60 Å². The lowest BCUT2D eigenvalue weighted by Crippen LogP contribution is -2.45. The molecule has 5 heteroatoms. The van der Waals surface area contributed by atoms with Crippen molar-refractivity contribution in [1.29, 1.82) is 0 Å². The minimum atomic E-state index is -0.736. The number of nitrogens with one attached hydrogen (secondary N) is 3. The van der Waals surface area contributed by atoms with Crippen LogP contribution in [0.1, 0.15) is 32.1 Å². The van der Waals surface area contributed by atoms with Crippen LogP contribution in [0.5, 0.6) is 0 Å². The summed E-state index contributed by atoms with van der Waals surface area (Å²) in [6.07, 6.45) is 6.64. The molecule has 0 atom stereocenters. The van der Waals surface area contributed by atoms with Crippen LogP contribution in [-0.2, 0) is 0 Å². The first kappa shape index (κ1) is 13.9. The van der Waals surface area contributed by atoms with Gasteiger partial charge in [0.25, 0.3) is 0 Å². The fourth-order valence-corrected chi connectivity index (χ4v) is 2.94. The summed E-state index contributed by atoms with van der Waals surface area (Å²) in [4.78, 5) is 15.0. The molecular weight excluding hydrogens is 266 g/mol. The molecule has 3 rings (SSSR count). The van der Waals surface area contributed by atoms with Gasteiger partial charge in [-0.05, 0) is 37.1 Å².